The van der Waals surface area contributed by atoms with Gasteiger partial charge in [-0.2, -0.15) is 5.10 Å². The van der Waals surface area contributed by atoms with Crippen LogP contribution in [0.15, 0.2) is 77.9 Å². The molecule has 0 bridgehead atoms. The Kier molecular flexibility index (Phi) is 9.60. The SMILES string of the molecule is CCCCc1c(-c2ccc(C(=O)O)cc2C(=O)N2Cc3ccccc3C[C@H]2CN=[N+]=[N-])c(C(=O)OCC)nn1-c1ccccc1. The Hall–Kier alpha value is -5.41. The molecule has 1 atom stereocenters. The number of aromatic nitrogens is 2. The molecular weight excluding hydrogens is 572 g/mol. The van der Waals surface area contributed by atoms with E-state index in [2.05, 4.69) is 16.9 Å². The molecule has 3 aromatic carbocycles. The lowest BCUT2D eigenvalue weighted by molar-refractivity contribution is 0.0518. The lowest BCUT2D eigenvalue weighted by Gasteiger charge is -2.37. The predicted octanol–water partition coefficient (Wildman–Crippen LogP) is 6.63. The van der Waals surface area contributed by atoms with E-state index < -0.39 is 23.9 Å². The van der Waals surface area contributed by atoms with E-state index in [0.717, 1.165) is 29.7 Å². The van der Waals surface area contributed by atoms with Crippen molar-refractivity contribution in [1.29, 1.82) is 0 Å². The van der Waals surface area contributed by atoms with Crippen molar-refractivity contribution in [1.82, 2.24) is 14.7 Å². The van der Waals surface area contributed by atoms with Gasteiger partial charge in [-0.15, -0.1) is 0 Å². The highest BCUT2D eigenvalue weighted by Crippen LogP contribution is 2.36. The zero-order valence-electron chi connectivity index (χ0n) is 25.2. The molecule has 45 heavy (non-hydrogen) atoms. The normalized spacial score (nSPS) is 13.9. The van der Waals surface area contributed by atoms with Gasteiger partial charge in [-0.05, 0) is 72.7 Å². The summed E-state index contributed by atoms with van der Waals surface area (Å²) in [5.74, 6) is -2.28. The Labute approximate surface area is 260 Å². The number of hydrogen-bond acceptors (Lipinski definition) is 6. The number of para-hydroxylation sites is 1. The maximum absolute atomic E-state index is 14.6. The molecule has 1 aromatic heterocycles. The molecule has 1 N–H and O–H groups in total. The molecule has 0 aliphatic carbocycles. The molecule has 2 heterocycles. The number of hydrogen-bond donors (Lipinski definition) is 1. The smallest absolute Gasteiger partial charge is 0.359 e. The largest absolute Gasteiger partial charge is 0.478 e. The lowest BCUT2D eigenvalue weighted by atomic mass is 9.90. The third-order valence-electron chi connectivity index (χ3n) is 7.96. The molecule has 1 amide bonds. The third-order valence-corrected chi connectivity index (χ3v) is 7.96. The molecule has 230 valence electrons. The van der Waals surface area contributed by atoms with Crippen molar-refractivity contribution >= 4 is 17.8 Å². The number of esters is 1. The molecule has 5 rings (SSSR count). The topological polar surface area (TPSA) is 150 Å². The van der Waals surface area contributed by atoms with Gasteiger partial charge in [0.05, 0.1) is 23.6 Å². The molecule has 4 aromatic rings. The number of nitrogens with zero attached hydrogens (tertiary/aromatic N) is 6. The average molecular weight is 607 g/mol. The van der Waals surface area contributed by atoms with Gasteiger partial charge in [0.25, 0.3) is 5.91 Å². The van der Waals surface area contributed by atoms with Crippen molar-refractivity contribution in [3.05, 3.63) is 117 Å². The number of rotatable bonds is 11. The number of carbonyl (C=O) groups is 3. The third kappa shape index (κ3) is 6.44. The van der Waals surface area contributed by atoms with Gasteiger partial charge in [0.1, 0.15) is 0 Å². The van der Waals surface area contributed by atoms with E-state index >= 15 is 0 Å². The molecule has 0 spiro atoms. The minimum absolute atomic E-state index is 0.0403. The van der Waals surface area contributed by atoms with E-state index in [9.17, 15) is 19.5 Å². The van der Waals surface area contributed by atoms with Crippen molar-refractivity contribution in [3.8, 4) is 16.8 Å². The number of carboxylic acid groups (broad SMARTS) is 1. The first-order valence-corrected chi connectivity index (χ1v) is 15.0. The molecule has 0 saturated heterocycles. The molecule has 0 fully saturated rings. The summed E-state index contributed by atoms with van der Waals surface area (Å²) in [5.41, 5.74) is 13.4. The summed E-state index contributed by atoms with van der Waals surface area (Å²) in [4.78, 5) is 44.8. The molecular formula is C34H34N6O5. The van der Waals surface area contributed by atoms with Crippen LogP contribution in [0.1, 0.15) is 74.7 Å². The summed E-state index contributed by atoms with van der Waals surface area (Å²) >= 11 is 0. The predicted molar refractivity (Wildman–Crippen MR) is 168 cm³/mol. The molecule has 0 saturated carbocycles. The molecule has 0 unspecified atom stereocenters. The van der Waals surface area contributed by atoms with Crippen molar-refractivity contribution in [2.75, 3.05) is 13.2 Å². The van der Waals surface area contributed by atoms with Gasteiger partial charge in [0, 0.05) is 35.2 Å². The Morgan fingerprint density at radius 1 is 1.04 bits per heavy atom. The van der Waals surface area contributed by atoms with Crippen LogP contribution in [0.2, 0.25) is 0 Å². The fourth-order valence-electron chi connectivity index (χ4n) is 5.78. The van der Waals surface area contributed by atoms with Gasteiger partial charge in [0.15, 0.2) is 5.69 Å². The second-order valence-electron chi connectivity index (χ2n) is 10.8. The Balaban J connectivity index is 1.75. The first-order chi connectivity index (χ1) is 21.9. The molecule has 1 aliphatic heterocycles. The number of fused-ring (bicyclic) bond motifs is 1. The van der Waals surface area contributed by atoms with Crippen molar-refractivity contribution in [2.24, 2.45) is 5.11 Å². The Bertz CT molecular complexity index is 1780. The van der Waals surface area contributed by atoms with E-state index in [1.165, 1.54) is 12.1 Å². The Morgan fingerprint density at radius 2 is 1.78 bits per heavy atom. The number of azide groups is 1. The van der Waals surface area contributed by atoms with Gasteiger partial charge in [0.2, 0.25) is 0 Å². The first-order valence-electron chi connectivity index (χ1n) is 15.0. The first kappa shape index (κ1) is 31.0. The second-order valence-corrected chi connectivity index (χ2v) is 10.8. The highest BCUT2D eigenvalue weighted by molar-refractivity contribution is 6.06. The van der Waals surface area contributed by atoms with E-state index in [0.29, 0.717) is 29.7 Å². The van der Waals surface area contributed by atoms with Crippen LogP contribution in [0.4, 0.5) is 0 Å². The van der Waals surface area contributed by atoms with Crippen LogP contribution in [-0.4, -0.2) is 56.8 Å². The van der Waals surface area contributed by atoms with Crippen LogP contribution in [0.3, 0.4) is 0 Å². The fraction of sp³-hybridized carbons (Fsp3) is 0.294. The Morgan fingerprint density at radius 3 is 2.47 bits per heavy atom. The van der Waals surface area contributed by atoms with Crippen molar-refractivity contribution < 1.29 is 24.2 Å². The van der Waals surface area contributed by atoms with Gasteiger partial charge in [-0.1, -0.05) is 67.0 Å². The van der Waals surface area contributed by atoms with Crippen LogP contribution in [0.25, 0.3) is 27.3 Å². The molecule has 11 heteroatoms. The maximum Gasteiger partial charge on any atom is 0.359 e. The molecule has 0 radical (unpaired) electrons. The summed E-state index contributed by atoms with van der Waals surface area (Å²) in [6, 6.07) is 21.0. The zero-order chi connectivity index (χ0) is 31.9. The summed E-state index contributed by atoms with van der Waals surface area (Å²) in [6.07, 6.45) is 2.66. The number of ether oxygens (including phenoxy) is 1. The minimum atomic E-state index is -1.19. The summed E-state index contributed by atoms with van der Waals surface area (Å²) in [5, 5.41) is 18.4. The highest BCUT2D eigenvalue weighted by atomic mass is 16.5. The highest BCUT2D eigenvalue weighted by Gasteiger charge is 2.34. The van der Waals surface area contributed by atoms with Crippen molar-refractivity contribution in [2.45, 2.75) is 52.1 Å². The number of benzene rings is 3. The number of carbonyl (C=O) groups excluding carboxylic acids is 2. The average Bonchev–Trinajstić information content (AvgIpc) is 3.45. The molecule has 1 aliphatic rings. The van der Waals surface area contributed by atoms with E-state index in [1.807, 2.05) is 54.6 Å². The lowest BCUT2D eigenvalue weighted by Crippen LogP contribution is -2.46. The summed E-state index contributed by atoms with van der Waals surface area (Å²) in [7, 11) is 0. The summed E-state index contributed by atoms with van der Waals surface area (Å²) < 4.78 is 7.13. The van der Waals surface area contributed by atoms with Gasteiger partial charge in [-0.25, -0.2) is 14.3 Å². The quantitative estimate of drug-likeness (QED) is 0.0875. The monoisotopic (exact) mass is 606 g/mol. The standard InChI is InChI=1S/C34H34N6O5/c1-3-5-15-29-30(31(34(44)45-4-2)37-40(29)25-13-7-6-8-14-25)27-17-16-23(33(42)43)19-28(27)32(41)39-21-24-12-10-9-11-22(24)18-26(39)20-36-38-35/h6-14,16-17,19,26H,3-5,15,18,20-21H2,1-2H3,(H,42,43)/t26-/m0/s1. The van der Waals surface area contributed by atoms with Crippen LogP contribution < -0.4 is 0 Å². The van der Waals surface area contributed by atoms with Crippen LogP contribution >= 0.6 is 0 Å². The van der Waals surface area contributed by atoms with Gasteiger partial charge >= 0.3 is 11.9 Å². The zero-order valence-corrected chi connectivity index (χ0v) is 25.2. The second kappa shape index (κ2) is 13.9. The number of amides is 1. The van der Waals surface area contributed by atoms with Crippen LogP contribution in [0, 0.1) is 0 Å². The van der Waals surface area contributed by atoms with E-state index in [4.69, 9.17) is 15.4 Å². The van der Waals surface area contributed by atoms with Crippen LogP contribution in [-0.2, 0) is 24.1 Å². The van der Waals surface area contributed by atoms with E-state index in [1.54, 1.807) is 22.6 Å². The number of aromatic carboxylic acids is 1. The summed E-state index contributed by atoms with van der Waals surface area (Å²) in [6.45, 7) is 4.18. The fourth-order valence-corrected chi connectivity index (χ4v) is 5.78. The molecule has 11 nitrogen and oxygen atoms in total. The van der Waals surface area contributed by atoms with Crippen molar-refractivity contribution in [3.63, 3.8) is 0 Å². The van der Waals surface area contributed by atoms with E-state index in [-0.39, 0.29) is 36.5 Å². The minimum Gasteiger partial charge on any atom is -0.478 e. The van der Waals surface area contributed by atoms with Crippen LogP contribution in [0.5, 0.6) is 0 Å². The van der Waals surface area contributed by atoms with Gasteiger partial charge in [-0.3, -0.25) is 4.79 Å². The number of unbranched alkanes of at least 4 members (excludes halogenated alkanes) is 1. The number of carboxylic acids is 1. The maximum atomic E-state index is 14.6. The van der Waals surface area contributed by atoms with Gasteiger partial charge < -0.3 is 14.7 Å².